The van der Waals surface area contributed by atoms with E-state index in [1.165, 1.54) is 0 Å². The van der Waals surface area contributed by atoms with Crippen molar-refractivity contribution in [1.82, 2.24) is 15.3 Å². The van der Waals surface area contributed by atoms with Gasteiger partial charge < -0.3 is 21.8 Å². The number of carbonyl (C=O) groups excluding carboxylic acids is 1. The monoisotopic (exact) mass is 417 g/mol. The average Bonchev–Trinajstić information content (AvgIpc) is 3.30. The number of benzene rings is 2. The lowest BCUT2D eigenvalue weighted by atomic mass is 9.81. The SMILES string of the molecule is NCC1CCC(C(=O)NC(Cc2ccccc2)c2nc(-c3cccc(N)c3)c[nH]2)CC1. The number of aromatic amines is 1. The molecule has 1 saturated carbocycles. The lowest BCUT2D eigenvalue weighted by Crippen LogP contribution is -2.37. The average molecular weight is 418 g/mol. The Kier molecular flexibility index (Phi) is 6.67. The number of anilines is 1. The van der Waals surface area contributed by atoms with E-state index in [1.807, 2.05) is 48.7 Å². The Hall–Kier alpha value is -3.12. The summed E-state index contributed by atoms with van der Waals surface area (Å²) in [5.74, 6) is 1.46. The van der Waals surface area contributed by atoms with Gasteiger partial charge in [0.2, 0.25) is 5.91 Å². The molecule has 1 aromatic heterocycles. The zero-order valence-corrected chi connectivity index (χ0v) is 17.8. The van der Waals surface area contributed by atoms with Gasteiger partial charge in [-0.2, -0.15) is 0 Å². The lowest BCUT2D eigenvalue weighted by Gasteiger charge is -2.28. The fraction of sp³-hybridized carbons (Fsp3) is 0.360. The number of carbonyl (C=O) groups is 1. The number of hydrogen-bond donors (Lipinski definition) is 4. The molecule has 6 nitrogen and oxygen atoms in total. The minimum absolute atomic E-state index is 0.0458. The van der Waals surface area contributed by atoms with Crippen molar-refractivity contribution in [3.63, 3.8) is 0 Å². The van der Waals surface area contributed by atoms with Gasteiger partial charge in [0.1, 0.15) is 5.82 Å². The summed E-state index contributed by atoms with van der Waals surface area (Å²) in [5.41, 5.74) is 15.4. The Labute approximate surface area is 183 Å². The normalized spacial score (nSPS) is 19.6. The second kappa shape index (κ2) is 9.79. The van der Waals surface area contributed by atoms with Gasteiger partial charge in [0.05, 0.1) is 11.7 Å². The zero-order valence-electron chi connectivity index (χ0n) is 17.8. The standard InChI is InChI=1S/C25H31N5O/c26-15-18-9-11-19(12-10-18)25(31)30-22(13-17-5-2-1-3-6-17)24-28-16-23(29-24)20-7-4-8-21(27)14-20/h1-8,14,16,18-19,22H,9-13,15,26-27H2,(H,28,29)(H,30,31). The first-order chi connectivity index (χ1) is 15.1. The summed E-state index contributed by atoms with van der Waals surface area (Å²) >= 11 is 0. The van der Waals surface area contributed by atoms with Gasteiger partial charge in [0, 0.05) is 23.4 Å². The van der Waals surface area contributed by atoms with Crippen molar-refractivity contribution in [2.75, 3.05) is 12.3 Å². The van der Waals surface area contributed by atoms with Crippen molar-refractivity contribution in [2.45, 2.75) is 38.1 Å². The Morgan fingerprint density at radius 1 is 1.10 bits per heavy atom. The van der Waals surface area contributed by atoms with Crippen LogP contribution in [0.4, 0.5) is 5.69 Å². The van der Waals surface area contributed by atoms with Gasteiger partial charge in [-0.05, 0) is 62.3 Å². The molecule has 0 bridgehead atoms. The molecule has 162 valence electrons. The predicted octanol–water partition coefficient (Wildman–Crippen LogP) is 3.82. The van der Waals surface area contributed by atoms with E-state index in [9.17, 15) is 4.79 Å². The van der Waals surface area contributed by atoms with Crippen molar-refractivity contribution in [3.8, 4) is 11.3 Å². The minimum Gasteiger partial charge on any atom is -0.399 e. The number of hydrogen-bond acceptors (Lipinski definition) is 4. The molecule has 2 aromatic carbocycles. The van der Waals surface area contributed by atoms with Crippen LogP contribution in [0.2, 0.25) is 0 Å². The van der Waals surface area contributed by atoms with Crippen LogP contribution in [0.1, 0.15) is 43.1 Å². The number of nitrogen functional groups attached to an aromatic ring is 1. The molecule has 1 aliphatic carbocycles. The van der Waals surface area contributed by atoms with E-state index in [0.29, 0.717) is 24.6 Å². The van der Waals surface area contributed by atoms with Crippen molar-refractivity contribution in [2.24, 2.45) is 17.6 Å². The van der Waals surface area contributed by atoms with E-state index < -0.39 is 0 Å². The van der Waals surface area contributed by atoms with E-state index in [0.717, 1.165) is 48.3 Å². The van der Waals surface area contributed by atoms with Crippen molar-refractivity contribution in [1.29, 1.82) is 0 Å². The molecule has 1 amide bonds. The van der Waals surface area contributed by atoms with Crippen LogP contribution in [0.25, 0.3) is 11.3 Å². The summed E-state index contributed by atoms with van der Waals surface area (Å²) < 4.78 is 0. The number of aromatic nitrogens is 2. The zero-order chi connectivity index (χ0) is 21.6. The van der Waals surface area contributed by atoms with Gasteiger partial charge in [-0.1, -0.05) is 42.5 Å². The molecule has 1 aliphatic rings. The lowest BCUT2D eigenvalue weighted by molar-refractivity contribution is -0.127. The molecule has 1 unspecified atom stereocenters. The molecule has 0 spiro atoms. The summed E-state index contributed by atoms with van der Waals surface area (Å²) in [5, 5.41) is 3.27. The van der Waals surface area contributed by atoms with Gasteiger partial charge >= 0.3 is 0 Å². The van der Waals surface area contributed by atoms with Crippen molar-refractivity contribution in [3.05, 3.63) is 72.2 Å². The largest absolute Gasteiger partial charge is 0.399 e. The molecule has 6 N–H and O–H groups in total. The van der Waals surface area contributed by atoms with E-state index in [1.54, 1.807) is 0 Å². The number of H-pyrrole nitrogens is 1. The summed E-state index contributed by atoms with van der Waals surface area (Å²) in [6, 6.07) is 17.6. The molecule has 0 saturated heterocycles. The molecular weight excluding hydrogens is 386 g/mol. The van der Waals surface area contributed by atoms with Crippen LogP contribution in [-0.4, -0.2) is 22.4 Å². The summed E-state index contributed by atoms with van der Waals surface area (Å²) in [4.78, 5) is 21.2. The number of amides is 1. The van der Waals surface area contributed by atoms with Crippen LogP contribution < -0.4 is 16.8 Å². The number of imidazole rings is 1. The van der Waals surface area contributed by atoms with E-state index in [2.05, 4.69) is 22.4 Å². The van der Waals surface area contributed by atoms with Crippen LogP contribution in [0, 0.1) is 11.8 Å². The summed E-state index contributed by atoms with van der Waals surface area (Å²) in [7, 11) is 0. The van der Waals surface area contributed by atoms with E-state index in [4.69, 9.17) is 16.5 Å². The predicted molar refractivity (Wildman–Crippen MR) is 124 cm³/mol. The third kappa shape index (κ3) is 5.33. The number of nitrogens with two attached hydrogens (primary N) is 2. The number of nitrogens with zero attached hydrogens (tertiary/aromatic N) is 1. The van der Waals surface area contributed by atoms with Gasteiger partial charge in [-0.3, -0.25) is 4.79 Å². The maximum Gasteiger partial charge on any atom is 0.223 e. The number of rotatable bonds is 7. The molecule has 1 heterocycles. The smallest absolute Gasteiger partial charge is 0.223 e. The molecule has 3 aromatic rings. The third-order valence-corrected chi connectivity index (χ3v) is 6.26. The Morgan fingerprint density at radius 2 is 1.87 bits per heavy atom. The molecule has 0 aliphatic heterocycles. The fourth-order valence-electron chi connectivity index (χ4n) is 4.38. The van der Waals surface area contributed by atoms with Crippen LogP contribution in [0.3, 0.4) is 0 Å². The maximum atomic E-state index is 13.1. The molecule has 1 atom stereocenters. The van der Waals surface area contributed by atoms with Crippen LogP contribution in [0.15, 0.2) is 60.8 Å². The topological polar surface area (TPSA) is 110 Å². The highest BCUT2D eigenvalue weighted by Crippen LogP contribution is 2.29. The summed E-state index contributed by atoms with van der Waals surface area (Å²) in [6.45, 7) is 0.712. The van der Waals surface area contributed by atoms with Crippen LogP contribution >= 0.6 is 0 Å². The van der Waals surface area contributed by atoms with Crippen molar-refractivity contribution < 1.29 is 4.79 Å². The van der Waals surface area contributed by atoms with Gasteiger partial charge in [-0.15, -0.1) is 0 Å². The Bertz CT molecular complexity index is 992. The molecule has 0 radical (unpaired) electrons. The molecule has 1 fully saturated rings. The van der Waals surface area contributed by atoms with E-state index in [-0.39, 0.29) is 17.9 Å². The molecule has 4 rings (SSSR count). The fourth-order valence-corrected chi connectivity index (χ4v) is 4.38. The second-order valence-electron chi connectivity index (χ2n) is 8.50. The third-order valence-electron chi connectivity index (χ3n) is 6.26. The van der Waals surface area contributed by atoms with Crippen LogP contribution in [0.5, 0.6) is 0 Å². The highest BCUT2D eigenvalue weighted by atomic mass is 16.1. The highest BCUT2D eigenvalue weighted by Gasteiger charge is 2.28. The summed E-state index contributed by atoms with van der Waals surface area (Å²) in [6.07, 6.45) is 6.41. The van der Waals surface area contributed by atoms with Crippen LogP contribution in [-0.2, 0) is 11.2 Å². The molecule has 6 heteroatoms. The second-order valence-corrected chi connectivity index (χ2v) is 8.50. The maximum absolute atomic E-state index is 13.1. The van der Waals surface area contributed by atoms with Crippen molar-refractivity contribution >= 4 is 11.6 Å². The Balaban J connectivity index is 1.53. The van der Waals surface area contributed by atoms with Gasteiger partial charge in [0.15, 0.2) is 0 Å². The first-order valence-corrected chi connectivity index (χ1v) is 11.1. The Morgan fingerprint density at radius 3 is 2.58 bits per heavy atom. The first-order valence-electron chi connectivity index (χ1n) is 11.1. The van der Waals surface area contributed by atoms with E-state index >= 15 is 0 Å². The first kappa shape index (κ1) is 21.1. The number of nitrogens with one attached hydrogen (secondary N) is 2. The molecule has 31 heavy (non-hydrogen) atoms. The van der Waals surface area contributed by atoms with Gasteiger partial charge in [-0.25, -0.2) is 4.98 Å². The highest BCUT2D eigenvalue weighted by molar-refractivity contribution is 5.79. The minimum atomic E-state index is -0.225. The van der Waals surface area contributed by atoms with Gasteiger partial charge in [0.25, 0.3) is 0 Å². The quantitative estimate of drug-likeness (QED) is 0.438. The molecular formula is C25H31N5O.